The molecule has 0 aliphatic rings. The maximum atomic E-state index is 12.3. The average molecular weight is 364 g/mol. The van der Waals surface area contributed by atoms with E-state index in [0.717, 1.165) is 11.1 Å². The summed E-state index contributed by atoms with van der Waals surface area (Å²) in [6.07, 6.45) is 0. The van der Waals surface area contributed by atoms with Crippen molar-refractivity contribution in [1.29, 1.82) is 5.26 Å². The summed E-state index contributed by atoms with van der Waals surface area (Å²) < 4.78 is 5.65. The van der Waals surface area contributed by atoms with Crippen molar-refractivity contribution in [3.8, 4) is 17.5 Å². The van der Waals surface area contributed by atoms with Crippen LogP contribution in [0, 0.1) is 18.3 Å². The third kappa shape index (κ3) is 4.29. The molecule has 0 spiro atoms. The zero-order valence-corrected chi connectivity index (χ0v) is 15.1. The lowest BCUT2D eigenvalue weighted by Gasteiger charge is -2.09. The maximum absolute atomic E-state index is 12.3. The quantitative estimate of drug-likeness (QED) is 0.687. The van der Waals surface area contributed by atoms with Gasteiger partial charge >= 0.3 is 0 Å². The van der Waals surface area contributed by atoms with Gasteiger partial charge in [0.2, 0.25) is 11.8 Å². The number of aromatic nitrogens is 2. The van der Waals surface area contributed by atoms with Crippen molar-refractivity contribution in [2.24, 2.45) is 0 Å². The third-order valence-corrected chi connectivity index (χ3v) is 4.53. The van der Waals surface area contributed by atoms with Crippen LogP contribution in [0.3, 0.4) is 0 Å². The number of nitriles is 1. The minimum atomic E-state index is -0.420. The molecule has 0 saturated heterocycles. The monoisotopic (exact) mass is 364 g/mol. The largest absolute Gasteiger partial charge is 0.411 e. The van der Waals surface area contributed by atoms with Crippen LogP contribution < -0.4 is 5.32 Å². The summed E-state index contributed by atoms with van der Waals surface area (Å²) in [5, 5.41) is 19.6. The first-order valence-corrected chi connectivity index (χ1v) is 8.81. The Kier molecular flexibility index (Phi) is 5.34. The number of amides is 1. The number of rotatable bonds is 5. The Hall–Kier alpha value is -3.11. The van der Waals surface area contributed by atoms with Crippen molar-refractivity contribution in [2.45, 2.75) is 24.3 Å². The van der Waals surface area contributed by atoms with Crippen molar-refractivity contribution in [3.63, 3.8) is 0 Å². The van der Waals surface area contributed by atoms with Crippen molar-refractivity contribution >= 4 is 23.4 Å². The van der Waals surface area contributed by atoms with Crippen LogP contribution in [-0.2, 0) is 4.79 Å². The van der Waals surface area contributed by atoms with E-state index in [4.69, 9.17) is 9.68 Å². The fraction of sp³-hybridized carbons (Fsp3) is 0.158. The van der Waals surface area contributed by atoms with E-state index in [1.54, 1.807) is 31.2 Å². The summed E-state index contributed by atoms with van der Waals surface area (Å²) in [7, 11) is 0. The van der Waals surface area contributed by atoms with E-state index < -0.39 is 5.25 Å². The van der Waals surface area contributed by atoms with Gasteiger partial charge in [0.05, 0.1) is 16.9 Å². The van der Waals surface area contributed by atoms with Crippen molar-refractivity contribution in [3.05, 3.63) is 59.7 Å². The molecule has 0 unspecified atom stereocenters. The smallest absolute Gasteiger partial charge is 0.277 e. The van der Waals surface area contributed by atoms with Crippen LogP contribution in [0.25, 0.3) is 11.5 Å². The topological polar surface area (TPSA) is 91.8 Å². The summed E-state index contributed by atoms with van der Waals surface area (Å²) in [5.41, 5.74) is 3.12. The predicted octanol–water partition coefficient (Wildman–Crippen LogP) is 4.04. The number of benzene rings is 2. The highest BCUT2D eigenvalue weighted by Crippen LogP contribution is 2.27. The summed E-state index contributed by atoms with van der Waals surface area (Å²) in [6.45, 7) is 3.76. The molecular weight excluding hydrogens is 348 g/mol. The molecule has 1 heterocycles. The molecule has 26 heavy (non-hydrogen) atoms. The first-order chi connectivity index (χ1) is 12.5. The van der Waals surface area contributed by atoms with Gasteiger partial charge in [-0.2, -0.15) is 5.26 Å². The lowest BCUT2D eigenvalue weighted by Crippen LogP contribution is -2.22. The van der Waals surface area contributed by atoms with E-state index in [0.29, 0.717) is 22.4 Å². The fourth-order valence-corrected chi connectivity index (χ4v) is 2.91. The van der Waals surface area contributed by atoms with Gasteiger partial charge in [-0.15, -0.1) is 10.2 Å². The van der Waals surface area contributed by atoms with Crippen molar-refractivity contribution in [1.82, 2.24) is 10.2 Å². The Morgan fingerprint density at radius 2 is 2.00 bits per heavy atom. The van der Waals surface area contributed by atoms with Crippen molar-refractivity contribution < 1.29 is 9.21 Å². The van der Waals surface area contributed by atoms with Crippen LogP contribution in [0.1, 0.15) is 18.1 Å². The van der Waals surface area contributed by atoms with E-state index in [9.17, 15) is 4.79 Å². The highest BCUT2D eigenvalue weighted by atomic mass is 32.2. The number of aryl methyl sites for hydroxylation is 1. The number of hydrogen-bond acceptors (Lipinski definition) is 6. The molecule has 1 N–H and O–H groups in total. The molecule has 0 aliphatic carbocycles. The third-order valence-electron chi connectivity index (χ3n) is 3.60. The number of hydrogen-bond donors (Lipinski definition) is 1. The van der Waals surface area contributed by atoms with Gasteiger partial charge in [-0.1, -0.05) is 29.5 Å². The van der Waals surface area contributed by atoms with E-state index in [-0.39, 0.29) is 5.91 Å². The van der Waals surface area contributed by atoms with Crippen LogP contribution in [0.5, 0.6) is 0 Å². The van der Waals surface area contributed by atoms with E-state index in [2.05, 4.69) is 15.5 Å². The number of carbonyl (C=O) groups excluding carboxylic acids is 1. The molecule has 130 valence electrons. The second kappa shape index (κ2) is 7.85. The van der Waals surface area contributed by atoms with Gasteiger partial charge in [0.25, 0.3) is 5.22 Å². The number of nitrogens with zero attached hydrogens (tertiary/aromatic N) is 3. The van der Waals surface area contributed by atoms with Crippen LogP contribution in [0.2, 0.25) is 0 Å². The molecule has 3 aromatic rings. The molecule has 0 saturated carbocycles. The lowest BCUT2D eigenvalue weighted by molar-refractivity contribution is -0.115. The zero-order chi connectivity index (χ0) is 18.5. The summed E-state index contributed by atoms with van der Waals surface area (Å²) in [4.78, 5) is 12.3. The van der Waals surface area contributed by atoms with E-state index >= 15 is 0 Å². The van der Waals surface area contributed by atoms with Gasteiger partial charge in [-0.25, -0.2) is 0 Å². The SMILES string of the molecule is Cc1cccc(-c2nnc(S[C@@H](C)C(=O)Nc3ccc(C#N)cc3)o2)c1. The highest BCUT2D eigenvalue weighted by Gasteiger charge is 2.19. The molecule has 2 aromatic carbocycles. The van der Waals surface area contributed by atoms with Gasteiger partial charge in [0.1, 0.15) is 0 Å². The zero-order valence-electron chi connectivity index (χ0n) is 14.3. The molecule has 1 aromatic heterocycles. The van der Waals surface area contributed by atoms with Crippen LogP contribution in [-0.4, -0.2) is 21.4 Å². The number of thioether (sulfide) groups is 1. The maximum Gasteiger partial charge on any atom is 0.277 e. The number of nitrogens with one attached hydrogen (secondary N) is 1. The molecule has 0 radical (unpaired) electrons. The summed E-state index contributed by atoms with van der Waals surface area (Å²) in [6, 6.07) is 16.5. The molecule has 0 fully saturated rings. The molecule has 0 aliphatic heterocycles. The normalized spacial score (nSPS) is 11.6. The summed E-state index contributed by atoms with van der Waals surface area (Å²) in [5.74, 6) is 0.242. The number of anilines is 1. The molecule has 6 nitrogen and oxygen atoms in total. The second-order valence-electron chi connectivity index (χ2n) is 5.68. The Morgan fingerprint density at radius 3 is 2.69 bits per heavy atom. The standard InChI is InChI=1S/C19H16N4O2S/c1-12-4-3-5-15(10-12)18-22-23-19(25-18)26-13(2)17(24)21-16-8-6-14(11-20)7-9-16/h3-10,13H,1-2H3,(H,21,24)/t13-/m0/s1. The second-order valence-corrected chi connectivity index (χ2v) is 6.97. The van der Waals surface area contributed by atoms with Gasteiger partial charge in [-0.3, -0.25) is 4.79 Å². The predicted molar refractivity (Wildman–Crippen MR) is 99.6 cm³/mol. The Balaban J connectivity index is 1.63. The van der Waals surface area contributed by atoms with Crippen LogP contribution in [0.4, 0.5) is 5.69 Å². The Labute approximate surface area is 155 Å². The van der Waals surface area contributed by atoms with Gasteiger partial charge in [0.15, 0.2) is 0 Å². The highest BCUT2D eigenvalue weighted by molar-refractivity contribution is 8.00. The van der Waals surface area contributed by atoms with Gasteiger partial charge in [-0.05, 0) is 50.2 Å². The summed E-state index contributed by atoms with van der Waals surface area (Å²) >= 11 is 1.19. The minimum Gasteiger partial charge on any atom is -0.411 e. The first-order valence-electron chi connectivity index (χ1n) is 7.93. The van der Waals surface area contributed by atoms with E-state index in [1.165, 1.54) is 11.8 Å². The molecule has 1 atom stereocenters. The molecule has 1 amide bonds. The van der Waals surface area contributed by atoms with Crippen LogP contribution >= 0.6 is 11.8 Å². The van der Waals surface area contributed by atoms with Crippen molar-refractivity contribution in [2.75, 3.05) is 5.32 Å². The number of carbonyl (C=O) groups is 1. The molecular formula is C19H16N4O2S. The van der Waals surface area contributed by atoms with Crippen LogP contribution in [0.15, 0.2) is 58.2 Å². The van der Waals surface area contributed by atoms with E-state index in [1.807, 2.05) is 37.3 Å². The fourth-order valence-electron chi connectivity index (χ4n) is 2.23. The minimum absolute atomic E-state index is 0.185. The average Bonchev–Trinajstić information content (AvgIpc) is 3.11. The van der Waals surface area contributed by atoms with Gasteiger partial charge < -0.3 is 9.73 Å². The Morgan fingerprint density at radius 1 is 1.23 bits per heavy atom. The Bertz CT molecular complexity index is 960. The molecule has 0 bridgehead atoms. The first kappa shape index (κ1) is 17.7. The lowest BCUT2D eigenvalue weighted by atomic mass is 10.1. The van der Waals surface area contributed by atoms with Gasteiger partial charge in [0, 0.05) is 11.3 Å². The molecule has 3 rings (SSSR count). The molecule has 7 heteroatoms.